The molecule has 0 aromatic heterocycles. The highest BCUT2D eigenvalue weighted by Gasteiger charge is 2.05. The lowest BCUT2D eigenvalue weighted by Gasteiger charge is -2.04. The molecule has 0 bridgehead atoms. The number of amidine groups is 1. The van der Waals surface area contributed by atoms with Gasteiger partial charge in [0.1, 0.15) is 0 Å². The van der Waals surface area contributed by atoms with Crippen LogP contribution in [-0.2, 0) is 0 Å². The topological polar surface area (TPSA) is 120 Å². The molecule has 0 unspecified atom stereocenters. The average Bonchev–Trinajstić information content (AvgIpc) is 2.18. The Morgan fingerprint density at radius 2 is 2.21 bits per heavy atom. The Labute approximate surface area is 80.7 Å². The summed E-state index contributed by atoms with van der Waals surface area (Å²) in [6.07, 6.45) is 0.674. The number of anilines is 1. The molecule has 14 heavy (non-hydrogen) atoms. The van der Waals surface area contributed by atoms with Gasteiger partial charge in [-0.3, -0.25) is 4.79 Å². The quantitative estimate of drug-likeness (QED) is 0.125. The van der Waals surface area contributed by atoms with E-state index in [1.165, 1.54) is 0 Å². The largest absolute Gasteiger partial charge is 0.399 e. The number of hydrogen-bond acceptors (Lipinski definition) is 5. The van der Waals surface area contributed by atoms with E-state index in [1.807, 2.05) is 5.53 Å². The van der Waals surface area contributed by atoms with Crippen LogP contribution in [0.15, 0.2) is 23.3 Å². The molecule has 1 aromatic rings. The van der Waals surface area contributed by atoms with Crippen molar-refractivity contribution in [3.8, 4) is 0 Å². The third kappa shape index (κ3) is 1.99. The zero-order valence-corrected chi connectivity index (χ0v) is 7.40. The molecule has 6 heteroatoms. The molecule has 1 aromatic carbocycles. The number of carbonyl (C=O) groups is 1. The van der Waals surface area contributed by atoms with Crippen molar-refractivity contribution < 1.29 is 4.79 Å². The molecule has 0 heterocycles. The minimum absolute atomic E-state index is 0.113. The van der Waals surface area contributed by atoms with Gasteiger partial charge in [-0.05, 0) is 18.2 Å². The number of nitrogen functional groups attached to an aromatic ring is 1. The van der Waals surface area contributed by atoms with Crippen LogP contribution in [0.1, 0.15) is 15.9 Å². The fourth-order valence-corrected chi connectivity index (χ4v) is 1.03. The Morgan fingerprint density at radius 1 is 1.50 bits per heavy atom. The second-order valence-corrected chi connectivity index (χ2v) is 2.59. The molecule has 1 rings (SSSR count). The first-order chi connectivity index (χ1) is 6.69. The van der Waals surface area contributed by atoms with Gasteiger partial charge >= 0.3 is 0 Å². The zero-order chi connectivity index (χ0) is 10.6. The van der Waals surface area contributed by atoms with E-state index in [4.69, 9.17) is 17.3 Å². The molecular formula is C8H11N5O. The number of hydrazone groups is 1. The number of aldehydes is 1. The summed E-state index contributed by atoms with van der Waals surface area (Å²) < 4.78 is 0. The summed E-state index contributed by atoms with van der Waals surface area (Å²) in [7, 11) is 0. The summed E-state index contributed by atoms with van der Waals surface area (Å²) in [6.45, 7) is 0. The Kier molecular flexibility index (Phi) is 3.03. The molecule has 0 spiro atoms. The maximum atomic E-state index is 10.6. The van der Waals surface area contributed by atoms with E-state index in [-0.39, 0.29) is 5.84 Å². The van der Waals surface area contributed by atoms with E-state index < -0.39 is 0 Å². The lowest BCUT2D eigenvalue weighted by Crippen LogP contribution is -2.24. The van der Waals surface area contributed by atoms with E-state index in [2.05, 4.69) is 5.10 Å². The van der Waals surface area contributed by atoms with Crippen LogP contribution in [-0.4, -0.2) is 12.1 Å². The van der Waals surface area contributed by atoms with Gasteiger partial charge < -0.3 is 11.5 Å². The summed E-state index contributed by atoms with van der Waals surface area (Å²) in [5.41, 5.74) is 14.5. The maximum absolute atomic E-state index is 10.6. The zero-order valence-electron chi connectivity index (χ0n) is 7.40. The molecule has 0 aliphatic heterocycles. The molecule has 0 radical (unpaired) electrons. The molecule has 0 atom stereocenters. The van der Waals surface area contributed by atoms with Crippen LogP contribution in [0.2, 0.25) is 0 Å². The van der Waals surface area contributed by atoms with Gasteiger partial charge in [0.05, 0.1) is 0 Å². The molecule has 0 aliphatic rings. The van der Waals surface area contributed by atoms with Crippen molar-refractivity contribution in [3.05, 3.63) is 29.3 Å². The molecule has 7 N–H and O–H groups in total. The molecule has 74 valence electrons. The highest BCUT2D eigenvalue weighted by Crippen LogP contribution is 2.11. The predicted molar refractivity (Wildman–Crippen MR) is 54.3 cm³/mol. The number of nitrogens with one attached hydrogen (secondary N) is 1. The number of carbonyl (C=O) groups excluding carboxylic acids is 1. The van der Waals surface area contributed by atoms with Gasteiger partial charge in [-0.25, -0.2) is 11.4 Å². The normalized spacial score (nSPS) is 11.1. The van der Waals surface area contributed by atoms with Gasteiger partial charge in [0.25, 0.3) is 0 Å². The summed E-state index contributed by atoms with van der Waals surface area (Å²) in [6, 6.07) is 4.73. The van der Waals surface area contributed by atoms with E-state index in [1.54, 1.807) is 18.2 Å². The van der Waals surface area contributed by atoms with Crippen molar-refractivity contribution in [2.45, 2.75) is 0 Å². The lowest BCUT2D eigenvalue weighted by atomic mass is 10.1. The monoisotopic (exact) mass is 193 g/mol. The SMILES string of the molecule is NN/N=C(\N)c1cc(N)ccc1C=O. The second kappa shape index (κ2) is 4.24. The van der Waals surface area contributed by atoms with Crippen molar-refractivity contribution in [1.82, 2.24) is 5.53 Å². The van der Waals surface area contributed by atoms with Crippen molar-refractivity contribution in [1.29, 1.82) is 0 Å². The van der Waals surface area contributed by atoms with E-state index in [9.17, 15) is 4.79 Å². The first-order valence-electron chi connectivity index (χ1n) is 3.83. The first-order valence-corrected chi connectivity index (χ1v) is 3.83. The average molecular weight is 193 g/mol. The standard InChI is InChI=1S/C8H11N5O/c9-6-2-1-5(4-14)7(3-6)8(10)12-13-11/h1-4,13H,9,11H2,(H2,10,12). The molecule has 0 fully saturated rings. The smallest absolute Gasteiger partial charge is 0.152 e. The Morgan fingerprint density at radius 3 is 2.79 bits per heavy atom. The summed E-state index contributed by atoms with van der Waals surface area (Å²) in [4.78, 5) is 10.6. The predicted octanol–water partition coefficient (Wildman–Crippen LogP) is -0.835. The molecule has 0 amide bonds. The van der Waals surface area contributed by atoms with E-state index >= 15 is 0 Å². The molecule has 6 nitrogen and oxygen atoms in total. The summed E-state index contributed by atoms with van der Waals surface area (Å²) >= 11 is 0. The van der Waals surface area contributed by atoms with Crippen LogP contribution < -0.4 is 22.8 Å². The number of nitrogens with two attached hydrogens (primary N) is 3. The van der Waals surface area contributed by atoms with Gasteiger partial charge in [-0.1, -0.05) is 0 Å². The highest BCUT2D eigenvalue weighted by molar-refractivity contribution is 6.04. The third-order valence-corrected chi connectivity index (χ3v) is 1.67. The number of rotatable bonds is 3. The molecular weight excluding hydrogens is 182 g/mol. The van der Waals surface area contributed by atoms with Crippen LogP contribution in [0.5, 0.6) is 0 Å². The van der Waals surface area contributed by atoms with E-state index in [0.717, 1.165) is 0 Å². The van der Waals surface area contributed by atoms with Crippen LogP contribution in [0.3, 0.4) is 0 Å². The van der Waals surface area contributed by atoms with Gasteiger partial charge in [-0.2, -0.15) is 0 Å². The molecule has 0 aliphatic carbocycles. The van der Waals surface area contributed by atoms with Gasteiger partial charge in [0.15, 0.2) is 12.1 Å². The van der Waals surface area contributed by atoms with E-state index in [0.29, 0.717) is 23.1 Å². The minimum Gasteiger partial charge on any atom is -0.399 e. The van der Waals surface area contributed by atoms with Crippen molar-refractivity contribution in [2.75, 3.05) is 5.73 Å². The molecule has 0 saturated heterocycles. The highest BCUT2D eigenvalue weighted by atomic mass is 16.1. The number of hydrogen-bond donors (Lipinski definition) is 4. The van der Waals surface area contributed by atoms with Gasteiger partial charge in [0, 0.05) is 16.8 Å². The van der Waals surface area contributed by atoms with Crippen LogP contribution in [0.4, 0.5) is 5.69 Å². The van der Waals surface area contributed by atoms with Crippen LogP contribution >= 0.6 is 0 Å². The Balaban J connectivity index is 3.23. The Hall–Kier alpha value is -2.08. The van der Waals surface area contributed by atoms with Crippen LogP contribution in [0, 0.1) is 0 Å². The number of hydrazine groups is 1. The van der Waals surface area contributed by atoms with Crippen molar-refractivity contribution in [2.24, 2.45) is 16.7 Å². The van der Waals surface area contributed by atoms with Gasteiger partial charge in [-0.15, -0.1) is 5.10 Å². The van der Waals surface area contributed by atoms with Crippen molar-refractivity contribution >= 4 is 17.8 Å². The number of nitrogens with zero attached hydrogens (tertiary/aromatic N) is 1. The van der Waals surface area contributed by atoms with Crippen LogP contribution in [0.25, 0.3) is 0 Å². The molecule has 0 saturated carbocycles. The maximum Gasteiger partial charge on any atom is 0.152 e. The first kappa shape index (κ1) is 10.0. The Bertz CT molecular complexity index is 374. The fourth-order valence-electron chi connectivity index (χ4n) is 1.03. The lowest BCUT2D eigenvalue weighted by molar-refractivity contribution is 0.112. The summed E-state index contributed by atoms with van der Waals surface area (Å²) in [5.74, 6) is 5.07. The van der Waals surface area contributed by atoms with Gasteiger partial charge in [0.2, 0.25) is 0 Å². The summed E-state index contributed by atoms with van der Waals surface area (Å²) in [5, 5.41) is 3.55. The fraction of sp³-hybridized carbons (Fsp3) is 0. The van der Waals surface area contributed by atoms with Crippen molar-refractivity contribution in [3.63, 3.8) is 0 Å². The number of benzene rings is 1. The minimum atomic E-state index is 0.113. The third-order valence-electron chi connectivity index (χ3n) is 1.67. The second-order valence-electron chi connectivity index (χ2n) is 2.59.